The number of hydrogen-bond acceptors (Lipinski definition) is 3. The van der Waals surface area contributed by atoms with E-state index in [9.17, 15) is 9.59 Å². The normalized spacial score (nSPS) is 17.2. The van der Waals surface area contributed by atoms with Gasteiger partial charge in [0, 0.05) is 19.9 Å². The van der Waals surface area contributed by atoms with Crippen LogP contribution in [0.4, 0.5) is 5.69 Å². The van der Waals surface area contributed by atoms with Crippen molar-refractivity contribution in [2.75, 3.05) is 11.9 Å². The average molecular weight is 195 g/mol. The van der Waals surface area contributed by atoms with Crippen LogP contribution >= 0.6 is 11.3 Å². The average Bonchev–Trinajstić information content (AvgIpc) is 2.57. The van der Waals surface area contributed by atoms with Gasteiger partial charge in [0.25, 0.3) is 0 Å². The van der Waals surface area contributed by atoms with Crippen LogP contribution in [0, 0.1) is 0 Å². The van der Waals surface area contributed by atoms with E-state index in [1.54, 1.807) is 11.9 Å². The molecule has 1 aliphatic rings. The molecular weight excluding hydrogens is 186 g/mol. The van der Waals surface area contributed by atoms with Crippen LogP contribution in [0.15, 0.2) is 11.4 Å². The van der Waals surface area contributed by atoms with Crippen LogP contribution in [0.1, 0.15) is 22.5 Å². The molecule has 1 aliphatic heterocycles. The number of anilines is 1. The first-order valence-corrected chi connectivity index (χ1v) is 4.95. The highest BCUT2D eigenvalue weighted by molar-refractivity contribution is 7.12. The number of carbonyl (C=O) groups excluding carboxylic acids is 2. The van der Waals surface area contributed by atoms with Gasteiger partial charge in [0.2, 0.25) is 5.91 Å². The largest absolute Gasteiger partial charge is 0.314 e. The number of Topliss-reactive ketones (excluding diaryl/α,β-unsaturated/α-hetero) is 1. The van der Waals surface area contributed by atoms with E-state index in [1.807, 2.05) is 11.4 Å². The highest BCUT2D eigenvalue weighted by Gasteiger charge is 2.24. The molecule has 13 heavy (non-hydrogen) atoms. The number of carbonyl (C=O) groups is 2. The van der Waals surface area contributed by atoms with Crippen LogP contribution in [-0.4, -0.2) is 18.7 Å². The first-order valence-electron chi connectivity index (χ1n) is 4.07. The molecule has 0 unspecified atom stereocenters. The Morgan fingerprint density at radius 1 is 1.38 bits per heavy atom. The minimum atomic E-state index is 0.0190. The summed E-state index contributed by atoms with van der Waals surface area (Å²) >= 11 is 1.41. The van der Waals surface area contributed by atoms with Crippen molar-refractivity contribution in [3.8, 4) is 0 Å². The third kappa shape index (κ3) is 1.27. The predicted octanol–water partition coefficient (Wildman–Crippen LogP) is 1.69. The second kappa shape index (κ2) is 2.96. The lowest BCUT2D eigenvalue weighted by Crippen LogP contribution is -2.24. The lowest BCUT2D eigenvalue weighted by Gasteiger charge is -2.13. The quantitative estimate of drug-likeness (QED) is 0.631. The topological polar surface area (TPSA) is 37.4 Å². The molecule has 4 heteroatoms. The summed E-state index contributed by atoms with van der Waals surface area (Å²) in [7, 11) is 1.71. The molecule has 0 N–H and O–H groups in total. The van der Waals surface area contributed by atoms with Gasteiger partial charge in [0.05, 0.1) is 10.6 Å². The molecule has 0 fully saturated rings. The van der Waals surface area contributed by atoms with Crippen molar-refractivity contribution in [2.45, 2.75) is 12.8 Å². The van der Waals surface area contributed by atoms with E-state index in [4.69, 9.17) is 0 Å². The van der Waals surface area contributed by atoms with Crippen molar-refractivity contribution in [1.82, 2.24) is 0 Å². The zero-order chi connectivity index (χ0) is 9.42. The molecule has 1 aromatic rings. The third-order valence-corrected chi connectivity index (χ3v) is 3.14. The fraction of sp³-hybridized carbons (Fsp3) is 0.333. The smallest absolute Gasteiger partial charge is 0.227 e. The molecule has 1 aromatic heterocycles. The lowest BCUT2D eigenvalue weighted by molar-refractivity contribution is -0.118. The van der Waals surface area contributed by atoms with Gasteiger partial charge in [-0.15, -0.1) is 11.3 Å². The fourth-order valence-corrected chi connectivity index (χ4v) is 2.30. The summed E-state index contributed by atoms with van der Waals surface area (Å²) in [5.74, 6) is 0.105. The van der Waals surface area contributed by atoms with E-state index in [0.717, 1.165) is 5.69 Å². The number of ketones is 1. The predicted molar refractivity (Wildman–Crippen MR) is 51.3 cm³/mol. The number of nitrogens with zero attached hydrogens (tertiary/aromatic N) is 1. The zero-order valence-electron chi connectivity index (χ0n) is 7.24. The molecule has 0 aliphatic carbocycles. The summed E-state index contributed by atoms with van der Waals surface area (Å²) in [5.41, 5.74) is 0.762. The van der Waals surface area contributed by atoms with Crippen molar-refractivity contribution in [2.24, 2.45) is 0 Å². The number of amides is 1. The molecule has 68 valence electrons. The van der Waals surface area contributed by atoms with Crippen molar-refractivity contribution in [1.29, 1.82) is 0 Å². The molecule has 1 amide bonds. The summed E-state index contributed by atoms with van der Waals surface area (Å²) in [5, 5.41) is 1.84. The van der Waals surface area contributed by atoms with Gasteiger partial charge in [-0.2, -0.15) is 0 Å². The van der Waals surface area contributed by atoms with E-state index in [0.29, 0.717) is 17.7 Å². The van der Waals surface area contributed by atoms with Gasteiger partial charge in [0.1, 0.15) is 0 Å². The Balaban J connectivity index is 2.52. The van der Waals surface area contributed by atoms with Gasteiger partial charge in [0.15, 0.2) is 5.78 Å². The molecule has 3 nitrogen and oxygen atoms in total. The molecule has 0 spiro atoms. The Morgan fingerprint density at radius 2 is 2.15 bits per heavy atom. The third-order valence-electron chi connectivity index (χ3n) is 2.20. The number of fused-ring (bicyclic) bond motifs is 1. The molecule has 0 atom stereocenters. The Kier molecular flexibility index (Phi) is 1.92. The van der Waals surface area contributed by atoms with Crippen LogP contribution < -0.4 is 4.90 Å². The van der Waals surface area contributed by atoms with Crippen molar-refractivity contribution < 1.29 is 9.59 Å². The summed E-state index contributed by atoms with van der Waals surface area (Å²) in [6, 6.07) is 1.82. The summed E-state index contributed by atoms with van der Waals surface area (Å²) in [4.78, 5) is 25.2. The van der Waals surface area contributed by atoms with E-state index in [-0.39, 0.29) is 11.7 Å². The number of rotatable bonds is 0. The first-order chi connectivity index (χ1) is 6.20. The van der Waals surface area contributed by atoms with E-state index < -0.39 is 0 Å². The van der Waals surface area contributed by atoms with E-state index >= 15 is 0 Å². The van der Waals surface area contributed by atoms with Crippen LogP contribution in [0.25, 0.3) is 0 Å². The van der Waals surface area contributed by atoms with Gasteiger partial charge < -0.3 is 4.90 Å². The second-order valence-electron chi connectivity index (χ2n) is 3.01. The molecule has 0 saturated heterocycles. The van der Waals surface area contributed by atoms with Gasteiger partial charge in [-0.1, -0.05) is 0 Å². The fourth-order valence-electron chi connectivity index (χ4n) is 1.41. The van der Waals surface area contributed by atoms with Crippen LogP contribution in [0.5, 0.6) is 0 Å². The van der Waals surface area contributed by atoms with Gasteiger partial charge >= 0.3 is 0 Å². The van der Waals surface area contributed by atoms with Crippen LogP contribution in [-0.2, 0) is 4.79 Å². The second-order valence-corrected chi connectivity index (χ2v) is 3.93. The first kappa shape index (κ1) is 8.44. The molecule has 0 radical (unpaired) electrons. The molecule has 2 rings (SSSR count). The van der Waals surface area contributed by atoms with Crippen LogP contribution in [0.2, 0.25) is 0 Å². The Bertz CT molecular complexity index is 369. The van der Waals surface area contributed by atoms with Crippen molar-refractivity contribution in [3.63, 3.8) is 0 Å². The standard InChI is InChI=1S/C9H9NO2S/c1-10-6-4-5-13-9(6)7(11)2-3-8(10)12/h4-5H,2-3H2,1H3. The molecule has 2 heterocycles. The maximum absolute atomic E-state index is 11.5. The van der Waals surface area contributed by atoms with Crippen molar-refractivity contribution >= 4 is 28.7 Å². The van der Waals surface area contributed by atoms with Crippen LogP contribution in [0.3, 0.4) is 0 Å². The maximum Gasteiger partial charge on any atom is 0.227 e. The number of thiophene rings is 1. The molecule has 0 aromatic carbocycles. The molecule has 0 bridgehead atoms. The minimum Gasteiger partial charge on any atom is -0.314 e. The Morgan fingerprint density at radius 3 is 2.92 bits per heavy atom. The Labute approximate surface area is 80.0 Å². The van der Waals surface area contributed by atoms with E-state index in [1.165, 1.54) is 11.3 Å². The van der Waals surface area contributed by atoms with Gasteiger partial charge in [-0.05, 0) is 11.4 Å². The SMILES string of the molecule is CN1C(=O)CCC(=O)c2sccc21. The summed E-state index contributed by atoms with van der Waals surface area (Å²) in [6.45, 7) is 0. The zero-order valence-corrected chi connectivity index (χ0v) is 8.06. The highest BCUT2D eigenvalue weighted by atomic mass is 32.1. The summed E-state index contributed by atoms with van der Waals surface area (Å²) in [6.07, 6.45) is 0.674. The maximum atomic E-state index is 11.5. The highest BCUT2D eigenvalue weighted by Crippen LogP contribution is 2.30. The van der Waals surface area contributed by atoms with Crippen molar-refractivity contribution in [3.05, 3.63) is 16.3 Å². The van der Waals surface area contributed by atoms with Gasteiger partial charge in [-0.3, -0.25) is 9.59 Å². The van der Waals surface area contributed by atoms with Gasteiger partial charge in [-0.25, -0.2) is 0 Å². The lowest BCUT2D eigenvalue weighted by atomic mass is 10.2. The molecular formula is C9H9NO2S. The van der Waals surface area contributed by atoms with E-state index in [2.05, 4.69) is 0 Å². The number of hydrogen-bond donors (Lipinski definition) is 0. The summed E-state index contributed by atoms with van der Waals surface area (Å²) < 4.78 is 0. The Hall–Kier alpha value is -1.16. The monoisotopic (exact) mass is 195 g/mol. The minimum absolute atomic E-state index is 0.0190. The molecule has 0 saturated carbocycles.